The molecule has 3 aromatic carbocycles. The molecule has 0 atom stereocenters. The number of hydrogen-bond donors (Lipinski definition) is 1. The zero-order valence-electron chi connectivity index (χ0n) is 20.8. The van der Waals surface area contributed by atoms with Gasteiger partial charge in [0.25, 0.3) is 0 Å². The number of benzene rings is 3. The molecule has 38 heavy (non-hydrogen) atoms. The molecule has 1 aliphatic carbocycles. The fourth-order valence-corrected chi connectivity index (χ4v) is 5.05. The van der Waals surface area contributed by atoms with Crippen molar-refractivity contribution < 1.29 is 36.2 Å². The fourth-order valence-electron chi connectivity index (χ4n) is 5.05. The Labute approximate surface area is 217 Å². The van der Waals surface area contributed by atoms with Crippen molar-refractivity contribution in [3.05, 3.63) is 106 Å². The van der Waals surface area contributed by atoms with E-state index in [0.29, 0.717) is 49.7 Å². The third-order valence-electron chi connectivity index (χ3n) is 7.22. The van der Waals surface area contributed by atoms with E-state index in [0.717, 1.165) is 12.1 Å². The summed E-state index contributed by atoms with van der Waals surface area (Å²) in [4.78, 5) is 0. The zero-order valence-corrected chi connectivity index (χ0v) is 20.8. The first-order valence-corrected chi connectivity index (χ1v) is 12.6. The highest BCUT2D eigenvalue weighted by atomic mass is 19.2. The third kappa shape index (κ3) is 5.69. The monoisotopic (exact) mass is 534 g/mol. The van der Waals surface area contributed by atoms with Gasteiger partial charge in [-0.1, -0.05) is 30.4 Å². The van der Waals surface area contributed by atoms with Crippen molar-refractivity contribution in [1.29, 1.82) is 0 Å². The summed E-state index contributed by atoms with van der Waals surface area (Å²) >= 11 is 0. The summed E-state index contributed by atoms with van der Waals surface area (Å²) in [7, 11) is 0. The summed E-state index contributed by atoms with van der Waals surface area (Å²) < 4.78 is 91.7. The summed E-state index contributed by atoms with van der Waals surface area (Å²) in [5.41, 5.74) is 0.526. The molecule has 0 spiro atoms. The molecule has 0 amide bonds. The Morgan fingerprint density at radius 3 is 1.89 bits per heavy atom. The number of hydrogen-bond acceptors (Lipinski definition) is 2. The van der Waals surface area contributed by atoms with Crippen LogP contribution in [0.25, 0.3) is 0 Å². The lowest BCUT2D eigenvalue weighted by Gasteiger charge is -2.30. The van der Waals surface area contributed by atoms with E-state index in [1.54, 1.807) is 12.1 Å². The quantitative estimate of drug-likeness (QED) is 0.231. The van der Waals surface area contributed by atoms with Gasteiger partial charge in [0.1, 0.15) is 6.61 Å². The number of rotatable bonds is 8. The fraction of sp³-hybridized carbons (Fsp3) is 0.333. The molecule has 8 heteroatoms. The van der Waals surface area contributed by atoms with Crippen molar-refractivity contribution in [2.45, 2.75) is 63.9 Å². The first-order valence-electron chi connectivity index (χ1n) is 12.6. The van der Waals surface area contributed by atoms with Gasteiger partial charge < -0.3 is 9.84 Å². The Balaban J connectivity index is 1.41. The van der Waals surface area contributed by atoms with Crippen LogP contribution in [0.4, 0.5) is 26.3 Å². The predicted octanol–water partition coefficient (Wildman–Crippen LogP) is 8.76. The van der Waals surface area contributed by atoms with Gasteiger partial charge in [-0.15, -0.1) is 0 Å². The first-order chi connectivity index (χ1) is 18.2. The van der Waals surface area contributed by atoms with Crippen LogP contribution in [0.15, 0.2) is 48.6 Å². The van der Waals surface area contributed by atoms with Crippen molar-refractivity contribution in [3.8, 4) is 11.5 Å². The van der Waals surface area contributed by atoms with E-state index in [9.17, 15) is 31.4 Å². The molecule has 1 saturated carbocycles. The maximum Gasteiger partial charge on any atom is 0.200 e. The molecule has 0 aliphatic heterocycles. The summed E-state index contributed by atoms with van der Waals surface area (Å²) in [6.07, 6.45) is 6.68. The molecule has 0 saturated heterocycles. The number of phenols is 1. The van der Waals surface area contributed by atoms with E-state index in [4.69, 9.17) is 4.74 Å². The van der Waals surface area contributed by atoms with Crippen LogP contribution in [0.1, 0.15) is 73.1 Å². The molecular weight excluding hydrogens is 506 g/mol. The van der Waals surface area contributed by atoms with E-state index in [2.05, 4.69) is 0 Å². The maximum absolute atomic E-state index is 14.9. The van der Waals surface area contributed by atoms with Crippen molar-refractivity contribution in [1.82, 2.24) is 0 Å². The van der Waals surface area contributed by atoms with E-state index in [1.165, 1.54) is 12.1 Å². The van der Waals surface area contributed by atoms with Gasteiger partial charge in [0.15, 0.2) is 34.8 Å². The third-order valence-corrected chi connectivity index (χ3v) is 7.22. The van der Waals surface area contributed by atoms with Gasteiger partial charge in [-0.3, -0.25) is 0 Å². The van der Waals surface area contributed by atoms with Gasteiger partial charge in [0, 0.05) is 5.56 Å². The molecule has 0 radical (unpaired) electrons. The van der Waals surface area contributed by atoms with Gasteiger partial charge in [0.2, 0.25) is 11.6 Å². The van der Waals surface area contributed by atoms with Crippen LogP contribution in [0.5, 0.6) is 11.5 Å². The molecule has 1 N–H and O–H groups in total. The minimum atomic E-state index is -1.45. The van der Waals surface area contributed by atoms with Crippen LogP contribution < -0.4 is 4.74 Å². The van der Waals surface area contributed by atoms with Gasteiger partial charge >= 0.3 is 0 Å². The van der Waals surface area contributed by atoms with Crippen molar-refractivity contribution in [2.24, 2.45) is 0 Å². The Bertz CT molecular complexity index is 1330. The van der Waals surface area contributed by atoms with E-state index in [1.807, 2.05) is 19.1 Å². The van der Waals surface area contributed by atoms with E-state index >= 15 is 0 Å². The molecule has 1 aliphatic rings. The van der Waals surface area contributed by atoms with Crippen LogP contribution in [0, 0.1) is 34.9 Å². The molecule has 1 fully saturated rings. The summed E-state index contributed by atoms with van der Waals surface area (Å²) in [6, 6.07) is 7.90. The van der Waals surface area contributed by atoms with Crippen LogP contribution >= 0.6 is 0 Å². The highest BCUT2D eigenvalue weighted by Gasteiger charge is 2.29. The van der Waals surface area contributed by atoms with Gasteiger partial charge in [0.05, 0.1) is 0 Å². The lowest BCUT2D eigenvalue weighted by atomic mass is 9.75. The second-order valence-electron chi connectivity index (χ2n) is 9.54. The molecule has 0 unspecified atom stereocenters. The molecular formula is C30H28F6O2. The van der Waals surface area contributed by atoms with Gasteiger partial charge in [-0.2, -0.15) is 8.78 Å². The first kappa shape index (κ1) is 27.6. The Kier molecular flexibility index (Phi) is 8.69. The number of allylic oxidation sites excluding steroid dienone is 2. The molecule has 3 aromatic rings. The lowest BCUT2D eigenvalue weighted by molar-refractivity contribution is 0.274. The number of aromatic hydroxyl groups is 1. The molecule has 0 bridgehead atoms. The van der Waals surface area contributed by atoms with Crippen molar-refractivity contribution >= 4 is 0 Å². The minimum Gasteiger partial charge on any atom is -0.505 e. The van der Waals surface area contributed by atoms with Crippen molar-refractivity contribution in [2.75, 3.05) is 0 Å². The van der Waals surface area contributed by atoms with E-state index in [-0.39, 0.29) is 23.0 Å². The SMILES string of the molecule is C/C=C/CCc1ccc(C2CCC(c3ccc(OCc4ccc(O)c(F)c4F)c(F)c3F)CC2)c(F)c1F. The number of halogens is 6. The molecule has 0 aromatic heterocycles. The summed E-state index contributed by atoms with van der Waals surface area (Å²) in [6.45, 7) is 1.30. The zero-order chi connectivity index (χ0) is 27.4. The lowest BCUT2D eigenvalue weighted by Crippen LogP contribution is -2.16. The standard InChI is InChI=1S/C30H28F6O2/c1-2-3-4-5-19-10-12-21(27(33)25(19)31)17-6-8-18(9-7-17)22-13-15-24(30(36)28(22)34)38-16-20-11-14-23(37)29(35)26(20)32/h2-3,10-15,17-18,37H,4-9,16H2,1H3/b3-2+. The van der Waals surface area contributed by atoms with Gasteiger partial charge in [-0.25, -0.2) is 17.6 Å². The van der Waals surface area contributed by atoms with Crippen LogP contribution in [0.2, 0.25) is 0 Å². The summed E-state index contributed by atoms with van der Waals surface area (Å²) in [5.74, 6) is -8.65. The largest absolute Gasteiger partial charge is 0.505 e. The Morgan fingerprint density at radius 1 is 0.711 bits per heavy atom. The Morgan fingerprint density at radius 2 is 1.26 bits per heavy atom. The van der Waals surface area contributed by atoms with Crippen LogP contribution in [-0.4, -0.2) is 5.11 Å². The van der Waals surface area contributed by atoms with Crippen LogP contribution in [0.3, 0.4) is 0 Å². The number of ether oxygens (including phenoxy) is 1. The Hall–Kier alpha value is -3.42. The van der Waals surface area contributed by atoms with Crippen LogP contribution in [-0.2, 0) is 13.0 Å². The highest BCUT2D eigenvalue weighted by molar-refractivity contribution is 5.35. The number of aryl methyl sites for hydroxylation is 1. The van der Waals surface area contributed by atoms with Gasteiger partial charge in [-0.05, 0) is 92.2 Å². The highest BCUT2D eigenvalue weighted by Crippen LogP contribution is 2.43. The minimum absolute atomic E-state index is 0.154. The molecule has 2 nitrogen and oxygen atoms in total. The second kappa shape index (κ2) is 12.0. The number of phenolic OH excluding ortho intramolecular Hbond substituents is 1. The second-order valence-corrected chi connectivity index (χ2v) is 9.54. The predicted molar refractivity (Wildman–Crippen MR) is 132 cm³/mol. The molecule has 4 rings (SSSR count). The van der Waals surface area contributed by atoms with E-state index < -0.39 is 53.0 Å². The van der Waals surface area contributed by atoms with Crippen molar-refractivity contribution in [3.63, 3.8) is 0 Å². The molecule has 0 heterocycles. The smallest absolute Gasteiger partial charge is 0.200 e. The molecule has 202 valence electrons. The average Bonchev–Trinajstić information content (AvgIpc) is 2.92. The summed E-state index contributed by atoms with van der Waals surface area (Å²) in [5, 5.41) is 9.20. The maximum atomic E-state index is 14.9. The normalized spacial score (nSPS) is 17.8. The average molecular weight is 535 g/mol. The topological polar surface area (TPSA) is 29.5 Å².